The van der Waals surface area contributed by atoms with Crippen molar-refractivity contribution < 1.29 is 14.3 Å². The lowest BCUT2D eigenvalue weighted by molar-refractivity contribution is -0.122. The Bertz CT molecular complexity index is 626. The van der Waals surface area contributed by atoms with E-state index in [1.165, 1.54) is 7.05 Å². The van der Waals surface area contributed by atoms with Crippen molar-refractivity contribution in [2.75, 3.05) is 19.0 Å². The number of amides is 2. The maximum atomic E-state index is 12.3. The molecule has 0 fully saturated rings. The summed E-state index contributed by atoms with van der Waals surface area (Å²) >= 11 is 0. The zero-order chi connectivity index (χ0) is 15.1. The van der Waals surface area contributed by atoms with Crippen LogP contribution in [0, 0.1) is 0 Å². The minimum atomic E-state index is -0.284. The number of rotatable bonds is 5. The van der Waals surface area contributed by atoms with Crippen molar-refractivity contribution in [2.45, 2.75) is 0 Å². The molecule has 2 amide bonds. The summed E-state index contributed by atoms with van der Waals surface area (Å²) < 4.78 is 5.38. The molecule has 0 heterocycles. The molecule has 2 aromatic carbocycles. The maximum Gasteiger partial charge on any atom is 0.259 e. The number of anilines is 1. The van der Waals surface area contributed by atoms with Gasteiger partial charge >= 0.3 is 0 Å². The minimum Gasteiger partial charge on any atom is -0.483 e. The summed E-state index contributed by atoms with van der Waals surface area (Å²) in [5.74, 6) is -0.170. The molecule has 0 aliphatic carbocycles. The van der Waals surface area contributed by atoms with Crippen molar-refractivity contribution >= 4 is 17.5 Å². The van der Waals surface area contributed by atoms with Gasteiger partial charge in [0, 0.05) is 12.7 Å². The third-order valence-electron chi connectivity index (χ3n) is 2.80. The third kappa shape index (κ3) is 4.07. The first kappa shape index (κ1) is 14.6. The van der Waals surface area contributed by atoms with Gasteiger partial charge in [0.15, 0.2) is 6.61 Å². The number of carbonyl (C=O) groups excluding carboxylic acids is 2. The van der Waals surface area contributed by atoms with Crippen LogP contribution >= 0.6 is 0 Å². The van der Waals surface area contributed by atoms with E-state index in [1.807, 2.05) is 18.2 Å². The van der Waals surface area contributed by atoms with Crippen LogP contribution in [0.4, 0.5) is 5.69 Å². The van der Waals surface area contributed by atoms with Gasteiger partial charge in [-0.25, -0.2) is 0 Å². The number of hydrogen-bond acceptors (Lipinski definition) is 3. The SMILES string of the molecule is CNC(=O)COc1ccccc1C(=O)Nc1ccccc1. The second-order valence-corrected chi connectivity index (χ2v) is 4.28. The van der Waals surface area contributed by atoms with E-state index >= 15 is 0 Å². The number of ether oxygens (including phenoxy) is 1. The monoisotopic (exact) mass is 284 g/mol. The topological polar surface area (TPSA) is 67.4 Å². The van der Waals surface area contributed by atoms with Crippen LogP contribution in [-0.4, -0.2) is 25.5 Å². The van der Waals surface area contributed by atoms with Crippen molar-refractivity contribution in [1.29, 1.82) is 0 Å². The summed E-state index contributed by atoms with van der Waals surface area (Å²) in [4.78, 5) is 23.5. The molecule has 0 unspecified atom stereocenters. The zero-order valence-electron chi connectivity index (χ0n) is 11.6. The molecule has 0 radical (unpaired) electrons. The van der Waals surface area contributed by atoms with Gasteiger partial charge in [-0.1, -0.05) is 30.3 Å². The van der Waals surface area contributed by atoms with E-state index in [4.69, 9.17) is 4.74 Å². The van der Waals surface area contributed by atoms with Crippen LogP contribution in [0.1, 0.15) is 10.4 Å². The Morgan fingerprint density at radius 3 is 2.38 bits per heavy atom. The van der Waals surface area contributed by atoms with Gasteiger partial charge in [-0.2, -0.15) is 0 Å². The minimum absolute atomic E-state index is 0.133. The van der Waals surface area contributed by atoms with E-state index in [0.717, 1.165) is 0 Å². The summed E-state index contributed by atoms with van der Waals surface area (Å²) in [6.45, 7) is -0.133. The fourth-order valence-corrected chi connectivity index (χ4v) is 1.72. The first-order valence-electron chi connectivity index (χ1n) is 6.49. The predicted octanol–water partition coefficient (Wildman–Crippen LogP) is 2.06. The molecule has 108 valence electrons. The molecular formula is C16H16N2O3. The molecule has 0 aromatic heterocycles. The average Bonchev–Trinajstić information content (AvgIpc) is 2.53. The fourth-order valence-electron chi connectivity index (χ4n) is 1.72. The van der Waals surface area contributed by atoms with Crippen LogP contribution < -0.4 is 15.4 Å². The Morgan fingerprint density at radius 2 is 1.67 bits per heavy atom. The highest BCUT2D eigenvalue weighted by molar-refractivity contribution is 6.06. The number of likely N-dealkylation sites (N-methyl/N-ethyl adjacent to an activating group) is 1. The van der Waals surface area contributed by atoms with Gasteiger partial charge in [0.1, 0.15) is 5.75 Å². The molecule has 2 rings (SSSR count). The van der Waals surface area contributed by atoms with E-state index in [0.29, 0.717) is 17.0 Å². The molecule has 0 saturated heterocycles. The maximum absolute atomic E-state index is 12.3. The van der Waals surface area contributed by atoms with Crippen molar-refractivity contribution in [3.05, 3.63) is 60.2 Å². The van der Waals surface area contributed by atoms with Crippen molar-refractivity contribution in [2.24, 2.45) is 0 Å². The lowest BCUT2D eigenvalue weighted by Gasteiger charge is -2.11. The van der Waals surface area contributed by atoms with Gasteiger partial charge in [0.2, 0.25) is 0 Å². The first-order valence-corrected chi connectivity index (χ1v) is 6.49. The van der Waals surface area contributed by atoms with E-state index in [1.54, 1.807) is 36.4 Å². The number of para-hydroxylation sites is 2. The lowest BCUT2D eigenvalue weighted by atomic mass is 10.2. The third-order valence-corrected chi connectivity index (χ3v) is 2.80. The largest absolute Gasteiger partial charge is 0.483 e. The Labute approximate surface area is 122 Å². The lowest BCUT2D eigenvalue weighted by Crippen LogP contribution is -2.25. The summed E-state index contributed by atoms with van der Waals surface area (Å²) in [5, 5.41) is 5.24. The Balaban J connectivity index is 2.11. The molecule has 0 saturated carbocycles. The number of benzene rings is 2. The van der Waals surface area contributed by atoms with Crippen molar-refractivity contribution in [3.63, 3.8) is 0 Å². The molecule has 0 spiro atoms. The van der Waals surface area contributed by atoms with Gasteiger partial charge in [-0.15, -0.1) is 0 Å². The van der Waals surface area contributed by atoms with Crippen LogP contribution in [0.25, 0.3) is 0 Å². The van der Waals surface area contributed by atoms with E-state index in [9.17, 15) is 9.59 Å². The van der Waals surface area contributed by atoms with Crippen LogP contribution in [-0.2, 0) is 4.79 Å². The van der Waals surface area contributed by atoms with E-state index in [2.05, 4.69) is 10.6 Å². The van der Waals surface area contributed by atoms with Gasteiger partial charge in [0.05, 0.1) is 5.56 Å². The van der Waals surface area contributed by atoms with Crippen LogP contribution in [0.3, 0.4) is 0 Å². The molecule has 2 aromatic rings. The molecule has 5 heteroatoms. The summed E-state index contributed by atoms with van der Waals surface area (Å²) in [6, 6.07) is 15.9. The van der Waals surface area contributed by atoms with Gasteiger partial charge in [-0.3, -0.25) is 9.59 Å². The zero-order valence-corrected chi connectivity index (χ0v) is 11.6. The standard InChI is InChI=1S/C16H16N2O3/c1-17-15(19)11-21-14-10-6-5-9-13(14)16(20)18-12-7-3-2-4-8-12/h2-10H,11H2,1H3,(H,17,19)(H,18,20). The van der Waals surface area contributed by atoms with Crippen molar-refractivity contribution in [1.82, 2.24) is 5.32 Å². The van der Waals surface area contributed by atoms with Crippen molar-refractivity contribution in [3.8, 4) is 5.75 Å². The number of hydrogen-bond donors (Lipinski definition) is 2. The smallest absolute Gasteiger partial charge is 0.259 e. The van der Waals surface area contributed by atoms with Crippen LogP contribution in [0.5, 0.6) is 5.75 Å². The predicted molar refractivity (Wildman–Crippen MR) is 80.4 cm³/mol. The average molecular weight is 284 g/mol. The van der Waals surface area contributed by atoms with Crippen LogP contribution in [0.15, 0.2) is 54.6 Å². The normalized spacial score (nSPS) is 9.76. The second-order valence-electron chi connectivity index (χ2n) is 4.28. The molecule has 0 atom stereocenters. The Morgan fingerprint density at radius 1 is 1.00 bits per heavy atom. The Kier molecular flexibility index (Phi) is 4.93. The van der Waals surface area contributed by atoms with Gasteiger partial charge < -0.3 is 15.4 Å². The molecular weight excluding hydrogens is 268 g/mol. The summed E-state index contributed by atoms with van der Waals surface area (Å²) in [6.07, 6.45) is 0. The molecule has 0 aliphatic rings. The molecule has 0 bridgehead atoms. The number of nitrogens with one attached hydrogen (secondary N) is 2. The molecule has 0 aliphatic heterocycles. The summed E-state index contributed by atoms with van der Waals surface area (Å²) in [7, 11) is 1.53. The highest BCUT2D eigenvalue weighted by Crippen LogP contribution is 2.19. The quantitative estimate of drug-likeness (QED) is 0.883. The molecule has 2 N–H and O–H groups in total. The number of carbonyl (C=O) groups is 2. The second kappa shape index (κ2) is 7.09. The van der Waals surface area contributed by atoms with E-state index in [-0.39, 0.29) is 18.4 Å². The van der Waals surface area contributed by atoms with Gasteiger partial charge in [-0.05, 0) is 24.3 Å². The highest BCUT2D eigenvalue weighted by atomic mass is 16.5. The first-order chi connectivity index (χ1) is 10.2. The Hall–Kier alpha value is -2.82. The van der Waals surface area contributed by atoms with Crippen LogP contribution in [0.2, 0.25) is 0 Å². The van der Waals surface area contributed by atoms with E-state index < -0.39 is 0 Å². The van der Waals surface area contributed by atoms with Gasteiger partial charge in [0.25, 0.3) is 11.8 Å². The fraction of sp³-hybridized carbons (Fsp3) is 0.125. The molecule has 5 nitrogen and oxygen atoms in total. The molecule has 21 heavy (non-hydrogen) atoms. The highest BCUT2D eigenvalue weighted by Gasteiger charge is 2.13. The summed E-state index contributed by atoms with van der Waals surface area (Å²) in [5.41, 5.74) is 1.08.